The van der Waals surface area contributed by atoms with Crippen LogP contribution in [-0.2, 0) is 16.0 Å². The van der Waals surface area contributed by atoms with Crippen LogP contribution in [0.5, 0.6) is 0 Å². The zero-order valence-corrected chi connectivity index (χ0v) is 11.0. The van der Waals surface area contributed by atoms with Gasteiger partial charge in [0.05, 0.1) is 12.9 Å². The van der Waals surface area contributed by atoms with Gasteiger partial charge in [0.25, 0.3) is 0 Å². The van der Waals surface area contributed by atoms with E-state index in [9.17, 15) is 4.79 Å². The van der Waals surface area contributed by atoms with Crippen molar-refractivity contribution in [3.63, 3.8) is 0 Å². The van der Waals surface area contributed by atoms with Crippen molar-refractivity contribution >= 4 is 11.8 Å². The Kier molecular flexibility index (Phi) is 6.21. The topological polar surface area (TPSA) is 79.4 Å². The number of imidazole rings is 1. The van der Waals surface area contributed by atoms with Crippen LogP contribution in [0.4, 0.5) is 5.82 Å². The van der Waals surface area contributed by atoms with Crippen LogP contribution in [0.2, 0.25) is 0 Å². The smallest absolute Gasteiger partial charge is 0.360 e. The number of carbonyl (C=O) groups is 1. The lowest BCUT2D eigenvalue weighted by Gasteiger charge is -2.06. The molecular formula is C12H21N3O3. The van der Waals surface area contributed by atoms with E-state index in [2.05, 4.69) is 11.9 Å². The Morgan fingerprint density at radius 3 is 2.89 bits per heavy atom. The van der Waals surface area contributed by atoms with E-state index >= 15 is 0 Å². The Hall–Kier alpha value is -1.56. The number of aromatic nitrogens is 2. The molecule has 1 rings (SSSR count). The molecule has 6 heteroatoms. The summed E-state index contributed by atoms with van der Waals surface area (Å²) < 4.78 is 12.0. The van der Waals surface area contributed by atoms with Gasteiger partial charge in [-0.1, -0.05) is 6.92 Å². The molecule has 6 nitrogen and oxygen atoms in total. The number of carbonyl (C=O) groups excluding carboxylic acids is 1. The second-order valence-electron chi connectivity index (χ2n) is 3.86. The Morgan fingerprint density at radius 1 is 1.44 bits per heavy atom. The summed E-state index contributed by atoms with van der Waals surface area (Å²) >= 11 is 0. The van der Waals surface area contributed by atoms with Gasteiger partial charge in [-0.05, 0) is 19.8 Å². The monoisotopic (exact) mass is 255 g/mol. The summed E-state index contributed by atoms with van der Waals surface area (Å²) in [5.41, 5.74) is 6.02. The zero-order chi connectivity index (χ0) is 13.4. The minimum absolute atomic E-state index is 0.186. The number of aryl methyl sites for hydroxylation is 1. The summed E-state index contributed by atoms with van der Waals surface area (Å²) in [5, 5.41) is 0. The molecule has 1 heterocycles. The maximum Gasteiger partial charge on any atom is 0.360 e. The fourth-order valence-electron chi connectivity index (χ4n) is 1.51. The second-order valence-corrected chi connectivity index (χ2v) is 3.86. The molecule has 0 saturated carbocycles. The zero-order valence-electron chi connectivity index (χ0n) is 11.0. The summed E-state index contributed by atoms with van der Waals surface area (Å²) in [4.78, 5) is 15.5. The van der Waals surface area contributed by atoms with Crippen LogP contribution < -0.4 is 5.73 Å². The predicted octanol–water partition coefficient (Wildman–Crippen LogP) is 1.46. The van der Waals surface area contributed by atoms with Gasteiger partial charge in [-0.25, -0.2) is 9.78 Å². The van der Waals surface area contributed by atoms with E-state index in [0.29, 0.717) is 25.6 Å². The largest absolute Gasteiger partial charge is 0.461 e. The number of nitrogens with two attached hydrogens (primary N) is 1. The summed E-state index contributed by atoms with van der Waals surface area (Å²) in [7, 11) is 0. The van der Waals surface area contributed by atoms with E-state index in [1.807, 2.05) is 0 Å². The summed E-state index contributed by atoms with van der Waals surface area (Å²) in [6, 6.07) is 0. The van der Waals surface area contributed by atoms with Gasteiger partial charge in [-0.3, -0.25) is 0 Å². The highest BCUT2D eigenvalue weighted by atomic mass is 16.5. The van der Waals surface area contributed by atoms with Crippen molar-refractivity contribution < 1.29 is 14.3 Å². The Balaban J connectivity index is 2.45. The summed E-state index contributed by atoms with van der Waals surface area (Å²) in [6.07, 6.45) is 3.41. The van der Waals surface area contributed by atoms with Crippen molar-refractivity contribution in [2.75, 3.05) is 25.6 Å². The Morgan fingerprint density at radius 2 is 2.22 bits per heavy atom. The van der Waals surface area contributed by atoms with Gasteiger partial charge in [-0.2, -0.15) is 0 Å². The number of nitrogens with zero attached hydrogens (tertiary/aromatic N) is 2. The fourth-order valence-corrected chi connectivity index (χ4v) is 1.51. The number of hydrogen-bond acceptors (Lipinski definition) is 5. The van der Waals surface area contributed by atoms with Crippen molar-refractivity contribution in [1.29, 1.82) is 0 Å². The van der Waals surface area contributed by atoms with Crippen molar-refractivity contribution in [2.24, 2.45) is 0 Å². The number of nitrogen functional groups attached to an aromatic ring is 1. The first-order valence-corrected chi connectivity index (χ1v) is 6.26. The van der Waals surface area contributed by atoms with Crippen LogP contribution >= 0.6 is 0 Å². The molecule has 1 aromatic rings. The molecule has 0 unspecified atom stereocenters. The van der Waals surface area contributed by atoms with Gasteiger partial charge in [-0.15, -0.1) is 0 Å². The van der Waals surface area contributed by atoms with Gasteiger partial charge < -0.3 is 19.8 Å². The normalized spacial score (nSPS) is 10.6. The number of anilines is 1. The number of ether oxygens (including phenoxy) is 2. The molecular weight excluding hydrogens is 234 g/mol. The lowest BCUT2D eigenvalue weighted by molar-refractivity contribution is 0.0521. The minimum atomic E-state index is -0.476. The molecule has 0 aliphatic carbocycles. The molecule has 0 aromatic carbocycles. The molecule has 0 atom stereocenters. The molecule has 0 aliphatic rings. The van der Waals surface area contributed by atoms with Gasteiger partial charge in [0.15, 0.2) is 5.69 Å². The highest BCUT2D eigenvalue weighted by molar-refractivity contribution is 5.92. The highest BCUT2D eigenvalue weighted by Gasteiger charge is 2.16. The average Bonchev–Trinajstić information content (AvgIpc) is 2.71. The molecule has 1 aromatic heterocycles. The predicted molar refractivity (Wildman–Crippen MR) is 68.3 cm³/mol. The van der Waals surface area contributed by atoms with E-state index in [4.69, 9.17) is 15.2 Å². The molecule has 0 radical (unpaired) electrons. The summed E-state index contributed by atoms with van der Waals surface area (Å²) in [6.45, 7) is 6.27. The standard InChI is InChI=1S/C12H21N3O3/c1-3-7-17-8-5-6-15-9-14-10(11(15)13)12(16)18-4-2/h9H,3-8,13H2,1-2H3. The van der Waals surface area contributed by atoms with Gasteiger partial charge in [0, 0.05) is 19.8 Å². The van der Waals surface area contributed by atoms with E-state index in [1.54, 1.807) is 17.8 Å². The van der Waals surface area contributed by atoms with E-state index < -0.39 is 5.97 Å². The first kappa shape index (κ1) is 14.5. The minimum Gasteiger partial charge on any atom is -0.461 e. The van der Waals surface area contributed by atoms with Crippen molar-refractivity contribution in [2.45, 2.75) is 33.2 Å². The molecule has 102 valence electrons. The second kappa shape index (κ2) is 7.71. The van der Waals surface area contributed by atoms with E-state index in [1.165, 1.54) is 0 Å². The van der Waals surface area contributed by atoms with E-state index in [0.717, 1.165) is 19.4 Å². The molecule has 18 heavy (non-hydrogen) atoms. The van der Waals surface area contributed by atoms with E-state index in [-0.39, 0.29) is 5.69 Å². The van der Waals surface area contributed by atoms with Crippen LogP contribution in [0.25, 0.3) is 0 Å². The molecule has 0 amide bonds. The number of esters is 1. The fraction of sp³-hybridized carbons (Fsp3) is 0.667. The first-order chi connectivity index (χ1) is 8.70. The molecule has 0 spiro atoms. The maximum absolute atomic E-state index is 11.5. The van der Waals surface area contributed by atoms with Crippen LogP contribution in [0, 0.1) is 0 Å². The molecule has 0 fully saturated rings. The molecule has 0 aliphatic heterocycles. The molecule has 2 N–H and O–H groups in total. The molecule has 0 bridgehead atoms. The number of rotatable bonds is 8. The Bertz CT molecular complexity index is 377. The summed E-state index contributed by atoms with van der Waals surface area (Å²) in [5.74, 6) is -0.125. The van der Waals surface area contributed by atoms with Crippen LogP contribution in [-0.4, -0.2) is 35.3 Å². The van der Waals surface area contributed by atoms with Crippen molar-refractivity contribution in [3.8, 4) is 0 Å². The Labute approximate surface area is 107 Å². The lowest BCUT2D eigenvalue weighted by atomic mass is 10.4. The SMILES string of the molecule is CCCOCCCn1cnc(C(=O)OCC)c1N. The van der Waals surface area contributed by atoms with Crippen molar-refractivity contribution in [3.05, 3.63) is 12.0 Å². The third-order valence-corrected chi connectivity index (χ3v) is 2.38. The quantitative estimate of drug-likeness (QED) is 0.562. The van der Waals surface area contributed by atoms with Gasteiger partial charge in [0.1, 0.15) is 5.82 Å². The van der Waals surface area contributed by atoms with Crippen LogP contribution in [0.1, 0.15) is 37.2 Å². The average molecular weight is 255 g/mol. The maximum atomic E-state index is 11.5. The lowest BCUT2D eigenvalue weighted by Crippen LogP contribution is -2.10. The third-order valence-electron chi connectivity index (χ3n) is 2.38. The molecule has 0 saturated heterocycles. The van der Waals surface area contributed by atoms with Crippen LogP contribution in [0.3, 0.4) is 0 Å². The third kappa shape index (κ3) is 4.03. The van der Waals surface area contributed by atoms with Crippen LogP contribution in [0.15, 0.2) is 6.33 Å². The number of hydrogen-bond donors (Lipinski definition) is 1. The first-order valence-electron chi connectivity index (χ1n) is 6.26. The van der Waals surface area contributed by atoms with Gasteiger partial charge >= 0.3 is 5.97 Å². The van der Waals surface area contributed by atoms with Gasteiger partial charge in [0.2, 0.25) is 0 Å². The highest BCUT2D eigenvalue weighted by Crippen LogP contribution is 2.12. The van der Waals surface area contributed by atoms with Crippen molar-refractivity contribution in [1.82, 2.24) is 9.55 Å².